The maximum Gasteiger partial charge on any atom is 0.266 e. The number of hydrogen-bond acceptors (Lipinski definition) is 4. The van der Waals surface area contributed by atoms with Gasteiger partial charge in [0.05, 0.1) is 5.02 Å². The predicted octanol–water partition coefficient (Wildman–Crippen LogP) is 5.52. The third-order valence-corrected chi connectivity index (χ3v) is 5.11. The molecule has 3 rings (SSSR count). The molecule has 0 aliphatic heterocycles. The summed E-state index contributed by atoms with van der Waals surface area (Å²) in [6.07, 6.45) is 1.43. The van der Waals surface area contributed by atoms with E-state index in [1.165, 1.54) is 6.08 Å². The number of hydrogen-bond donors (Lipinski definition) is 2. The van der Waals surface area contributed by atoms with Crippen molar-refractivity contribution in [3.63, 3.8) is 0 Å². The number of benzene rings is 3. The molecule has 0 atom stereocenters. The summed E-state index contributed by atoms with van der Waals surface area (Å²) in [7, 11) is 0. The molecular weight excluding hydrogens is 438 g/mol. The summed E-state index contributed by atoms with van der Waals surface area (Å²) in [6, 6.07) is 21.2. The van der Waals surface area contributed by atoms with Crippen molar-refractivity contribution in [2.24, 2.45) is 0 Å². The van der Waals surface area contributed by atoms with Crippen LogP contribution in [0.2, 0.25) is 5.02 Å². The fourth-order valence-electron chi connectivity index (χ4n) is 2.92. The number of anilines is 2. The van der Waals surface area contributed by atoms with Crippen molar-refractivity contribution in [3.8, 4) is 11.8 Å². The maximum atomic E-state index is 12.4. The molecule has 0 aliphatic rings. The molecule has 0 unspecified atom stereocenters. The van der Waals surface area contributed by atoms with Gasteiger partial charge in [0.25, 0.3) is 11.8 Å². The highest BCUT2D eigenvalue weighted by atomic mass is 35.5. The smallest absolute Gasteiger partial charge is 0.266 e. The van der Waals surface area contributed by atoms with E-state index < -0.39 is 5.91 Å². The molecule has 0 aliphatic carbocycles. The number of carbonyl (C=O) groups excluding carboxylic acids is 2. The zero-order valence-electron chi connectivity index (χ0n) is 18.2. The molecule has 0 saturated heterocycles. The van der Waals surface area contributed by atoms with Crippen molar-refractivity contribution in [3.05, 3.63) is 94.0 Å². The van der Waals surface area contributed by atoms with E-state index in [2.05, 4.69) is 10.6 Å². The van der Waals surface area contributed by atoms with Gasteiger partial charge < -0.3 is 15.4 Å². The summed E-state index contributed by atoms with van der Waals surface area (Å²) in [5.41, 5.74) is 3.97. The van der Waals surface area contributed by atoms with Crippen molar-refractivity contribution < 1.29 is 14.3 Å². The number of nitriles is 1. The van der Waals surface area contributed by atoms with Gasteiger partial charge in [0, 0.05) is 11.4 Å². The summed E-state index contributed by atoms with van der Waals surface area (Å²) in [6.45, 7) is 3.76. The number of aryl methyl sites for hydroxylation is 2. The lowest BCUT2D eigenvalue weighted by Gasteiger charge is -2.10. The molecule has 7 heteroatoms. The van der Waals surface area contributed by atoms with Gasteiger partial charge in [0.1, 0.15) is 17.4 Å². The van der Waals surface area contributed by atoms with Gasteiger partial charge in [-0.25, -0.2) is 0 Å². The molecule has 0 fully saturated rings. The first-order chi connectivity index (χ1) is 15.9. The Labute approximate surface area is 197 Å². The lowest BCUT2D eigenvalue weighted by molar-refractivity contribution is -0.118. The van der Waals surface area contributed by atoms with E-state index in [-0.39, 0.29) is 23.1 Å². The first-order valence-electron chi connectivity index (χ1n) is 10.1. The van der Waals surface area contributed by atoms with Crippen molar-refractivity contribution in [2.45, 2.75) is 13.8 Å². The van der Waals surface area contributed by atoms with Gasteiger partial charge in [-0.15, -0.1) is 0 Å². The second kappa shape index (κ2) is 11.0. The van der Waals surface area contributed by atoms with Crippen LogP contribution < -0.4 is 15.4 Å². The first kappa shape index (κ1) is 23.6. The summed E-state index contributed by atoms with van der Waals surface area (Å²) < 4.78 is 5.53. The molecule has 0 spiro atoms. The van der Waals surface area contributed by atoms with Crippen LogP contribution in [-0.2, 0) is 9.59 Å². The molecule has 3 aromatic carbocycles. The Kier molecular flexibility index (Phi) is 7.85. The maximum absolute atomic E-state index is 12.4. The Hall–Kier alpha value is -4.08. The molecule has 0 heterocycles. The van der Waals surface area contributed by atoms with E-state index in [1.807, 2.05) is 44.2 Å². The fraction of sp³-hybridized carbons (Fsp3) is 0.115. The molecule has 3 aromatic rings. The average molecular weight is 460 g/mol. The molecule has 0 radical (unpaired) electrons. The minimum absolute atomic E-state index is 0.0728. The van der Waals surface area contributed by atoms with E-state index in [1.54, 1.807) is 42.5 Å². The minimum Gasteiger partial charge on any atom is -0.482 e. The SMILES string of the molecule is Cc1ccc(NC(=O)COc2ccc(/C=C(\C#N)C(=O)Nc3ccccc3)cc2Cl)cc1C. The van der Waals surface area contributed by atoms with Crippen LogP contribution in [0.3, 0.4) is 0 Å². The van der Waals surface area contributed by atoms with Crippen LogP contribution in [0.25, 0.3) is 6.08 Å². The van der Waals surface area contributed by atoms with Crippen molar-refractivity contribution >= 4 is 40.9 Å². The molecule has 2 N–H and O–H groups in total. The number of halogens is 1. The minimum atomic E-state index is -0.525. The normalized spacial score (nSPS) is 10.8. The van der Waals surface area contributed by atoms with Gasteiger partial charge in [0.2, 0.25) is 0 Å². The number of ether oxygens (including phenoxy) is 1. The van der Waals surface area contributed by atoms with Crippen LogP contribution in [-0.4, -0.2) is 18.4 Å². The van der Waals surface area contributed by atoms with E-state index in [4.69, 9.17) is 16.3 Å². The van der Waals surface area contributed by atoms with Crippen LogP contribution in [0.5, 0.6) is 5.75 Å². The zero-order chi connectivity index (χ0) is 23.8. The van der Waals surface area contributed by atoms with E-state index in [0.29, 0.717) is 22.7 Å². The van der Waals surface area contributed by atoms with Gasteiger partial charge in [-0.1, -0.05) is 41.9 Å². The summed E-state index contributed by atoms with van der Waals surface area (Å²) in [5.74, 6) is -0.526. The van der Waals surface area contributed by atoms with Crippen LogP contribution >= 0.6 is 11.6 Å². The number of para-hydroxylation sites is 1. The topological polar surface area (TPSA) is 91.2 Å². The Bertz CT molecular complexity index is 1250. The van der Waals surface area contributed by atoms with Gasteiger partial charge in [-0.2, -0.15) is 5.26 Å². The lowest BCUT2D eigenvalue weighted by Crippen LogP contribution is -2.20. The number of amides is 2. The van der Waals surface area contributed by atoms with Crippen LogP contribution in [0, 0.1) is 25.2 Å². The van der Waals surface area contributed by atoms with Gasteiger partial charge in [0.15, 0.2) is 6.61 Å². The monoisotopic (exact) mass is 459 g/mol. The Balaban J connectivity index is 1.62. The van der Waals surface area contributed by atoms with E-state index >= 15 is 0 Å². The van der Waals surface area contributed by atoms with E-state index in [0.717, 1.165) is 11.1 Å². The standard InChI is InChI=1S/C26H22ClN3O3/c1-17-8-10-22(12-18(17)2)29-25(31)16-33-24-11-9-19(14-23(24)27)13-20(15-28)26(32)30-21-6-4-3-5-7-21/h3-14H,16H2,1-2H3,(H,29,31)(H,30,32)/b20-13+. The molecule has 0 saturated carbocycles. The van der Waals surface area contributed by atoms with Crippen LogP contribution in [0.15, 0.2) is 72.3 Å². The summed E-state index contributed by atoms with van der Waals surface area (Å²) >= 11 is 6.28. The average Bonchev–Trinajstić information content (AvgIpc) is 2.80. The second-order valence-electron chi connectivity index (χ2n) is 7.32. The number of nitrogens with zero attached hydrogens (tertiary/aromatic N) is 1. The lowest BCUT2D eigenvalue weighted by atomic mass is 10.1. The first-order valence-corrected chi connectivity index (χ1v) is 10.5. The molecule has 0 bridgehead atoms. The van der Waals surface area contributed by atoms with Crippen LogP contribution in [0.4, 0.5) is 11.4 Å². The van der Waals surface area contributed by atoms with Gasteiger partial charge >= 0.3 is 0 Å². The Morgan fingerprint density at radius 3 is 2.39 bits per heavy atom. The molecule has 2 amide bonds. The highest BCUT2D eigenvalue weighted by molar-refractivity contribution is 6.32. The fourth-order valence-corrected chi connectivity index (χ4v) is 3.16. The summed E-state index contributed by atoms with van der Waals surface area (Å²) in [4.78, 5) is 24.6. The van der Waals surface area contributed by atoms with Crippen molar-refractivity contribution in [1.29, 1.82) is 5.26 Å². The third kappa shape index (κ3) is 6.70. The highest BCUT2D eigenvalue weighted by Gasteiger charge is 2.11. The third-order valence-electron chi connectivity index (χ3n) is 4.81. The molecule has 6 nitrogen and oxygen atoms in total. The van der Waals surface area contributed by atoms with Crippen LogP contribution in [0.1, 0.15) is 16.7 Å². The van der Waals surface area contributed by atoms with E-state index in [9.17, 15) is 14.9 Å². The molecule has 33 heavy (non-hydrogen) atoms. The molecular formula is C26H22ClN3O3. The Morgan fingerprint density at radius 2 is 1.73 bits per heavy atom. The van der Waals surface area contributed by atoms with Crippen molar-refractivity contribution in [1.82, 2.24) is 0 Å². The largest absolute Gasteiger partial charge is 0.482 e. The zero-order valence-corrected chi connectivity index (χ0v) is 18.9. The number of carbonyl (C=O) groups is 2. The van der Waals surface area contributed by atoms with Crippen molar-refractivity contribution in [2.75, 3.05) is 17.2 Å². The predicted molar refractivity (Wildman–Crippen MR) is 130 cm³/mol. The molecule has 0 aromatic heterocycles. The number of rotatable bonds is 7. The molecule has 166 valence electrons. The second-order valence-corrected chi connectivity index (χ2v) is 7.72. The Morgan fingerprint density at radius 1 is 0.970 bits per heavy atom. The summed E-state index contributed by atoms with van der Waals surface area (Å²) in [5, 5.41) is 15.1. The van der Waals surface area contributed by atoms with Gasteiger partial charge in [-0.3, -0.25) is 9.59 Å². The van der Waals surface area contributed by atoms with Gasteiger partial charge in [-0.05, 0) is 73.0 Å². The quantitative estimate of drug-likeness (QED) is 0.359. The number of nitrogens with one attached hydrogen (secondary N) is 2. The highest BCUT2D eigenvalue weighted by Crippen LogP contribution is 2.26.